The van der Waals surface area contributed by atoms with E-state index in [1.165, 1.54) is 4.70 Å². The molecule has 0 N–H and O–H groups in total. The Labute approximate surface area is 139 Å². The molecule has 0 saturated heterocycles. The lowest BCUT2D eigenvalue weighted by Crippen LogP contribution is -1.78. The zero-order chi connectivity index (χ0) is 15.5. The monoisotopic (exact) mass is 311 g/mol. The molecule has 0 bridgehead atoms. The quantitative estimate of drug-likeness (QED) is 0.431. The summed E-state index contributed by atoms with van der Waals surface area (Å²) in [6, 6.07) is 26.5. The van der Waals surface area contributed by atoms with E-state index in [2.05, 4.69) is 53.2 Å². The molecule has 0 aliphatic carbocycles. The highest BCUT2D eigenvalue weighted by Gasteiger charge is 2.05. The van der Waals surface area contributed by atoms with Crippen molar-refractivity contribution in [2.24, 2.45) is 0 Å². The highest BCUT2D eigenvalue weighted by Crippen LogP contribution is 2.29. The molecule has 0 aliphatic rings. The van der Waals surface area contributed by atoms with E-state index in [4.69, 9.17) is 0 Å². The highest BCUT2D eigenvalue weighted by atomic mass is 32.1. The Hall–Kier alpha value is -2.89. The Morgan fingerprint density at radius 2 is 1.30 bits per heavy atom. The molecule has 2 heteroatoms. The summed E-state index contributed by atoms with van der Waals surface area (Å²) in [6.07, 6.45) is 0. The van der Waals surface area contributed by atoms with Gasteiger partial charge in [0, 0.05) is 16.7 Å². The van der Waals surface area contributed by atoms with Crippen molar-refractivity contribution in [3.8, 4) is 22.4 Å². The third-order valence-corrected chi connectivity index (χ3v) is 4.64. The van der Waals surface area contributed by atoms with E-state index in [0.29, 0.717) is 0 Å². The van der Waals surface area contributed by atoms with E-state index in [0.717, 1.165) is 27.2 Å². The predicted molar refractivity (Wildman–Crippen MR) is 97.5 cm³/mol. The average Bonchev–Trinajstić information content (AvgIpc) is 3.05. The number of benzene rings is 3. The fourth-order valence-corrected chi connectivity index (χ4v) is 3.33. The molecule has 0 aliphatic heterocycles. The number of nitrogens with zero attached hydrogens (tertiary/aromatic N) is 1. The molecule has 4 aromatic rings. The van der Waals surface area contributed by atoms with E-state index in [9.17, 15) is 0 Å². The first-order chi connectivity index (χ1) is 11.4. The van der Waals surface area contributed by atoms with Gasteiger partial charge in [-0.15, -0.1) is 11.3 Å². The Morgan fingerprint density at radius 3 is 2.04 bits per heavy atom. The second-order valence-electron chi connectivity index (χ2n) is 5.18. The Kier molecular flexibility index (Phi) is 3.63. The third kappa shape index (κ3) is 3.01. The zero-order valence-electron chi connectivity index (χ0n) is 12.4. The van der Waals surface area contributed by atoms with Gasteiger partial charge in [0.05, 0.1) is 10.2 Å². The number of thiazole rings is 1. The van der Waals surface area contributed by atoms with Gasteiger partial charge in [-0.3, -0.25) is 0 Å². The standard InChI is InChI=1S/C21H13NS/c1-2-6-16(7-3-1)10-11-17-12-14-18(15-13-17)21-22-19-8-4-5-9-20(19)23-21/h1-9,12-15H. The van der Waals surface area contributed by atoms with Crippen molar-refractivity contribution in [1.82, 2.24) is 4.98 Å². The van der Waals surface area contributed by atoms with Gasteiger partial charge in [0.15, 0.2) is 0 Å². The van der Waals surface area contributed by atoms with Gasteiger partial charge in [-0.05, 0) is 36.4 Å². The lowest BCUT2D eigenvalue weighted by atomic mass is 10.1. The van der Waals surface area contributed by atoms with E-state index >= 15 is 0 Å². The van der Waals surface area contributed by atoms with Crippen LogP contribution < -0.4 is 0 Å². The van der Waals surface area contributed by atoms with E-state index in [1.807, 2.05) is 42.5 Å². The van der Waals surface area contributed by atoms with Gasteiger partial charge in [-0.1, -0.05) is 54.3 Å². The lowest BCUT2D eigenvalue weighted by Gasteiger charge is -1.96. The summed E-state index contributed by atoms with van der Waals surface area (Å²) in [5, 5.41) is 1.05. The number of aromatic nitrogens is 1. The van der Waals surface area contributed by atoms with Gasteiger partial charge < -0.3 is 0 Å². The van der Waals surface area contributed by atoms with Crippen LogP contribution in [0.5, 0.6) is 0 Å². The first kappa shape index (κ1) is 13.8. The summed E-state index contributed by atoms with van der Waals surface area (Å²) in [5.41, 5.74) is 4.23. The van der Waals surface area contributed by atoms with Crippen molar-refractivity contribution in [2.45, 2.75) is 0 Å². The van der Waals surface area contributed by atoms with Crippen molar-refractivity contribution in [3.63, 3.8) is 0 Å². The summed E-state index contributed by atoms with van der Waals surface area (Å²) < 4.78 is 1.22. The van der Waals surface area contributed by atoms with Gasteiger partial charge in [0.2, 0.25) is 0 Å². The molecule has 0 radical (unpaired) electrons. The van der Waals surface area contributed by atoms with Gasteiger partial charge in [0.25, 0.3) is 0 Å². The van der Waals surface area contributed by atoms with Gasteiger partial charge in [-0.25, -0.2) is 4.98 Å². The molecule has 1 heterocycles. The fraction of sp³-hybridized carbons (Fsp3) is 0. The fourth-order valence-electron chi connectivity index (χ4n) is 2.36. The molecule has 23 heavy (non-hydrogen) atoms. The molecule has 0 saturated carbocycles. The number of hydrogen-bond donors (Lipinski definition) is 0. The molecule has 108 valence electrons. The molecule has 0 atom stereocenters. The minimum absolute atomic E-state index is 1.01. The van der Waals surface area contributed by atoms with Crippen molar-refractivity contribution in [3.05, 3.63) is 90.0 Å². The molecular formula is C21H13NS. The van der Waals surface area contributed by atoms with E-state index in [-0.39, 0.29) is 0 Å². The smallest absolute Gasteiger partial charge is 0.124 e. The van der Waals surface area contributed by atoms with Gasteiger partial charge in [0.1, 0.15) is 5.01 Å². The van der Waals surface area contributed by atoms with E-state index in [1.54, 1.807) is 11.3 Å². The van der Waals surface area contributed by atoms with Gasteiger partial charge in [-0.2, -0.15) is 0 Å². The SMILES string of the molecule is C(#Cc1ccc(-c2nc3ccccc3s2)cc1)c1ccccc1. The maximum absolute atomic E-state index is 4.69. The number of para-hydroxylation sites is 1. The molecule has 0 fully saturated rings. The molecule has 0 spiro atoms. The van der Waals surface area contributed by atoms with Crippen LogP contribution in [-0.4, -0.2) is 4.98 Å². The summed E-state index contributed by atoms with van der Waals surface area (Å²) in [4.78, 5) is 4.69. The van der Waals surface area contributed by atoms with Crippen LogP contribution in [0.1, 0.15) is 11.1 Å². The Morgan fingerprint density at radius 1 is 0.652 bits per heavy atom. The van der Waals surface area contributed by atoms with Crippen LogP contribution in [0.15, 0.2) is 78.9 Å². The number of fused-ring (bicyclic) bond motifs is 1. The van der Waals surface area contributed by atoms with Crippen LogP contribution in [0.4, 0.5) is 0 Å². The van der Waals surface area contributed by atoms with Crippen molar-refractivity contribution in [2.75, 3.05) is 0 Å². The summed E-state index contributed by atoms with van der Waals surface area (Å²) >= 11 is 1.72. The maximum Gasteiger partial charge on any atom is 0.124 e. The zero-order valence-corrected chi connectivity index (χ0v) is 13.2. The van der Waals surface area contributed by atoms with Crippen molar-refractivity contribution < 1.29 is 0 Å². The molecular weight excluding hydrogens is 298 g/mol. The maximum atomic E-state index is 4.69. The lowest BCUT2D eigenvalue weighted by molar-refractivity contribution is 1.47. The van der Waals surface area contributed by atoms with Crippen LogP contribution in [0.2, 0.25) is 0 Å². The topological polar surface area (TPSA) is 12.9 Å². The molecule has 4 rings (SSSR count). The Balaban J connectivity index is 1.62. The largest absolute Gasteiger partial charge is 0.236 e. The first-order valence-electron chi connectivity index (χ1n) is 7.41. The third-order valence-electron chi connectivity index (χ3n) is 3.55. The molecule has 3 aromatic carbocycles. The molecule has 1 nitrogen and oxygen atoms in total. The minimum Gasteiger partial charge on any atom is -0.236 e. The summed E-state index contributed by atoms with van der Waals surface area (Å²) in [5.74, 6) is 6.38. The van der Waals surface area contributed by atoms with Crippen molar-refractivity contribution >= 4 is 21.6 Å². The average molecular weight is 311 g/mol. The summed E-state index contributed by atoms with van der Waals surface area (Å²) in [6.45, 7) is 0. The van der Waals surface area contributed by atoms with Crippen LogP contribution >= 0.6 is 11.3 Å². The highest BCUT2D eigenvalue weighted by molar-refractivity contribution is 7.21. The normalized spacial score (nSPS) is 10.3. The second-order valence-corrected chi connectivity index (χ2v) is 6.21. The van der Waals surface area contributed by atoms with Crippen LogP contribution in [0, 0.1) is 11.8 Å². The Bertz CT molecular complexity index is 969. The first-order valence-corrected chi connectivity index (χ1v) is 8.23. The summed E-state index contributed by atoms with van der Waals surface area (Å²) in [7, 11) is 0. The van der Waals surface area contributed by atoms with Crippen LogP contribution in [0.3, 0.4) is 0 Å². The number of rotatable bonds is 1. The number of hydrogen-bond acceptors (Lipinski definition) is 2. The molecule has 0 unspecified atom stereocenters. The van der Waals surface area contributed by atoms with E-state index < -0.39 is 0 Å². The van der Waals surface area contributed by atoms with Crippen molar-refractivity contribution in [1.29, 1.82) is 0 Å². The van der Waals surface area contributed by atoms with Gasteiger partial charge >= 0.3 is 0 Å². The predicted octanol–water partition coefficient (Wildman–Crippen LogP) is 5.36. The van der Waals surface area contributed by atoms with Crippen LogP contribution in [0.25, 0.3) is 20.8 Å². The minimum atomic E-state index is 1.01. The molecule has 1 aromatic heterocycles. The second kappa shape index (κ2) is 6.08. The molecule has 0 amide bonds. The van der Waals surface area contributed by atoms with Crippen LogP contribution in [-0.2, 0) is 0 Å².